The van der Waals surface area contributed by atoms with Gasteiger partial charge in [0.15, 0.2) is 9.84 Å². The Labute approximate surface area is 69.0 Å². The van der Waals surface area contributed by atoms with Crippen molar-refractivity contribution in [3.05, 3.63) is 11.5 Å². The molecule has 6 heteroatoms. The van der Waals surface area contributed by atoms with E-state index in [0.29, 0.717) is 6.42 Å². The number of sulfone groups is 1. The third kappa shape index (κ3) is 6.21. The molecule has 72 valence electrons. The minimum absolute atomic E-state index is 0.205. The molecular weight excluding hydrogens is 193 g/mol. The lowest BCUT2D eigenvalue weighted by Crippen LogP contribution is -2.06. The van der Waals surface area contributed by atoms with Crippen LogP contribution in [-0.4, -0.2) is 20.3 Å². The highest BCUT2D eigenvalue weighted by atomic mass is 32.2. The molecule has 0 aliphatic carbocycles. The van der Waals surface area contributed by atoms with Gasteiger partial charge in [-0.05, 0) is 6.42 Å². The summed E-state index contributed by atoms with van der Waals surface area (Å²) in [4.78, 5) is 0. The van der Waals surface area contributed by atoms with Crippen LogP contribution in [0.4, 0.5) is 13.2 Å². The summed E-state index contributed by atoms with van der Waals surface area (Å²) in [5.74, 6) is -0.250. The Morgan fingerprint density at radius 1 is 1.33 bits per heavy atom. The third-order valence-corrected chi connectivity index (χ3v) is 2.48. The first kappa shape index (κ1) is 11.5. The van der Waals surface area contributed by atoms with Gasteiger partial charge in [0.1, 0.15) is 0 Å². The highest BCUT2D eigenvalue weighted by Crippen LogP contribution is 2.16. The van der Waals surface area contributed by atoms with Crippen LogP contribution in [0, 0.1) is 0 Å². The van der Waals surface area contributed by atoms with Gasteiger partial charge in [0.05, 0.1) is 5.75 Å². The highest BCUT2D eigenvalue weighted by Gasteiger charge is 2.23. The summed E-state index contributed by atoms with van der Waals surface area (Å²) in [6.07, 6.45) is -4.51. The Balaban J connectivity index is 4.35. The maximum atomic E-state index is 11.5. The molecular formula is C6H9F3O2S. The van der Waals surface area contributed by atoms with Crippen LogP contribution >= 0.6 is 0 Å². The SMILES string of the molecule is CCCS(=O)(=O)/C=C\C(F)(F)F. The zero-order valence-corrected chi connectivity index (χ0v) is 7.24. The van der Waals surface area contributed by atoms with Crippen molar-refractivity contribution in [3.63, 3.8) is 0 Å². The van der Waals surface area contributed by atoms with Crippen molar-refractivity contribution in [1.29, 1.82) is 0 Å². The van der Waals surface area contributed by atoms with Crippen molar-refractivity contribution in [3.8, 4) is 0 Å². The van der Waals surface area contributed by atoms with Crippen molar-refractivity contribution in [1.82, 2.24) is 0 Å². The zero-order valence-electron chi connectivity index (χ0n) is 6.43. The first-order valence-electron chi connectivity index (χ1n) is 3.25. The molecule has 0 rings (SSSR count). The van der Waals surface area contributed by atoms with E-state index in [1.165, 1.54) is 0 Å². The second kappa shape index (κ2) is 3.93. The molecule has 0 saturated heterocycles. The molecule has 0 spiro atoms. The fourth-order valence-corrected chi connectivity index (χ4v) is 1.60. The van der Waals surface area contributed by atoms with Gasteiger partial charge >= 0.3 is 6.18 Å². The van der Waals surface area contributed by atoms with E-state index in [0.717, 1.165) is 0 Å². The Morgan fingerprint density at radius 2 is 1.83 bits per heavy atom. The van der Waals surface area contributed by atoms with Gasteiger partial charge in [0.25, 0.3) is 0 Å². The van der Waals surface area contributed by atoms with Crippen LogP contribution in [0.1, 0.15) is 13.3 Å². The van der Waals surface area contributed by atoms with Crippen LogP contribution < -0.4 is 0 Å². The van der Waals surface area contributed by atoms with Crippen LogP contribution in [0.3, 0.4) is 0 Å². The zero-order chi connectivity index (χ0) is 9.83. The monoisotopic (exact) mass is 202 g/mol. The molecule has 0 aliphatic heterocycles. The standard InChI is InChI=1S/C6H9F3O2S/c1-2-4-12(10,11)5-3-6(7,8)9/h3,5H,2,4H2,1H3/b5-3-. The summed E-state index contributed by atoms with van der Waals surface area (Å²) < 4.78 is 55.8. The number of hydrogen-bond acceptors (Lipinski definition) is 2. The van der Waals surface area contributed by atoms with Crippen LogP contribution in [0.2, 0.25) is 0 Å². The summed E-state index contributed by atoms with van der Waals surface area (Å²) in [6, 6.07) is 0. The molecule has 0 atom stereocenters. The van der Waals surface area contributed by atoms with Crippen molar-refractivity contribution in [2.45, 2.75) is 19.5 Å². The van der Waals surface area contributed by atoms with E-state index >= 15 is 0 Å². The van der Waals surface area contributed by atoms with E-state index in [2.05, 4.69) is 0 Å². The van der Waals surface area contributed by atoms with E-state index < -0.39 is 16.0 Å². The second-order valence-corrected chi connectivity index (χ2v) is 4.22. The summed E-state index contributed by atoms with van der Waals surface area (Å²) in [6.45, 7) is 1.58. The molecule has 0 unspecified atom stereocenters. The maximum Gasteiger partial charge on any atom is 0.410 e. The lowest BCUT2D eigenvalue weighted by Gasteiger charge is -1.97. The van der Waals surface area contributed by atoms with Crippen molar-refractivity contribution >= 4 is 9.84 Å². The average molecular weight is 202 g/mol. The number of rotatable bonds is 3. The molecule has 0 bridgehead atoms. The Morgan fingerprint density at radius 3 is 2.17 bits per heavy atom. The fraction of sp³-hybridized carbons (Fsp3) is 0.667. The quantitative estimate of drug-likeness (QED) is 0.700. The molecule has 0 aromatic rings. The first-order valence-corrected chi connectivity index (χ1v) is 4.97. The molecule has 12 heavy (non-hydrogen) atoms. The largest absolute Gasteiger partial charge is 0.410 e. The normalized spacial score (nSPS) is 14.0. The smallest absolute Gasteiger partial charge is 0.224 e. The van der Waals surface area contributed by atoms with Gasteiger partial charge in [-0.2, -0.15) is 13.2 Å². The van der Waals surface area contributed by atoms with Crippen LogP contribution in [0.25, 0.3) is 0 Å². The molecule has 0 saturated carbocycles. The number of allylic oxidation sites excluding steroid dienone is 1. The van der Waals surface area contributed by atoms with Crippen molar-refractivity contribution in [2.75, 3.05) is 5.75 Å². The van der Waals surface area contributed by atoms with Gasteiger partial charge in [-0.3, -0.25) is 0 Å². The molecule has 0 aromatic heterocycles. The summed E-state index contributed by atoms with van der Waals surface area (Å²) in [5.41, 5.74) is 0. The van der Waals surface area contributed by atoms with Gasteiger partial charge in [0, 0.05) is 11.5 Å². The summed E-state index contributed by atoms with van der Waals surface area (Å²) in [7, 11) is -3.67. The molecule has 0 fully saturated rings. The Hall–Kier alpha value is -0.520. The van der Waals surface area contributed by atoms with Gasteiger partial charge in [-0.15, -0.1) is 0 Å². The number of alkyl halides is 3. The minimum Gasteiger partial charge on any atom is -0.224 e. The predicted molar refractivity (Wildman–Crippen MR) is 39.3 cm³/mol. The van der Waals surface area contributed by atoms with Crippen LogP contribution in [0.15, 0.2) is 11.5 Å². The van der Waals surface area contributed by atoms with E-state index in [1.54, 1.807) is 6.92 Å². The molecule has 0 N–H and O–H groups in total. The van der Waals surface area contributed by atoms with Gasteiger partial charge in [0.2, 0.25) is 0 Å². The fourth-order valence-electron chi connectivity index (χ4n) is 0.533. The van der Waals surface area contributed by atoms with Crippen molar-refractivity contribution < 1.29 is 21.6 Å². The molecule has 0 aliphatic rings. The molecule has 2 nitrogen and oxygen atoms in total. The first-order chi connectivity index (χ1) is 5.27. The number of halogens is 3. The van der Waals surface area contributed by atoms with Gasteiger partial charge in [-0.1, -0.05) is 6.92 Å². The second-order valence-electron chi connectivity index (χ2n) is 2.21. The highest BCUT2D eigenvalue weighted by molar-refractivity contribution is 7.94. The van der Waals surface area contributed by atoms with E-state index in [9.17, 15) is 21.6 Å². The Bertz CT molecular complexity index is 250. The predicted octanol–water partition coefficient (Wildman–Crippen LogP) is 1.89. The molecule has 0 radical (unpaired) electrons. The lowest BCUT2D eigenvalue weighted by molar-refractivity contribution is -0.0797. The molecule has 0 amide bonds. The van der Waals surface area contributed by atoms with E-state index in [1.807, 2.05) is 0 Å². The number of hydrogen-bond donors (Lipinski definition) is 0. The third-order valence-electron chi connectivity index (χ3n) is 0.953. The van der Waals surface area contributed by atoms with Crippen LogP contribution in [-0.2, 0) is 9.84 Å². The van der Waals surface area contributed by atoms with E-state index in [4.69, 9.17) is 0 Å². The lowest BCUT2D eigenvalue weighted by atomic mass is 10.6. The molecule has 0 aromatic carbocycles. The maximum absolute atomic E-state index is 11.5. The summed E-state index contributed by atoms with van der Waals surface area (Å²) >= 11 is 0. The Kier molecular flexibility index (Phi) is 3.76. The minimum atomic E-state index is -4.55. The average Bonchev–Trinajstić information content (AvgIpc) is 1.83. The summed E-state index contributed by atoms with van der Waals surface area (Å²) in [5, 5.41) is 0.205. The topological polar surface area (TPSA) is 34.1 Å². The molecule has 0 heterocycles. The van der Waals surface area contributed by atoms with Gasteiger partial charge in [-0.25, -0.2) is 8.42 Å². The van der Waals surface area contributed by atoms with Crippen molar-refractivity contribution in [2.24, 2.45) is 0 Å². The van der Waals surface area contributed by atoms with Crippen LogP contribution in [0.5, 0.6) is 0 Å². The van der Waals surface area contributed by atoms with E-state index in [-0.39, 0.29) is 17.2 Å². The van der Waals surface area contributed by atoms with Gasteiger partial charge < -0.3 is 0 Å².